The first kappa shape index (κ1) is 17.9. The van der Waals surface area contributed by atoms with Crippen molar-refractivity contribution in [2.75, 3.05) is 10.6 Å². The minimum atomic E-state index is -0.527. The van der Waals surface area contributed by atoms with Crippen molar-refractivity contribution < 1.29 is 9.59 Å². The fourth-order valence-electron chi connectivity index (χ4n) is 2.57. The van der Waals surface area contributed by atoms with Gasteiger partial charge in [0.2, 0.25) is 0 Å². The first-order chi connectivity index (χ1) is 13.1. The molecule has 3 rings (SSSR count). The summed E-state index contributed by atoms with van der Waals surface area (Å²) in [7, 11) is 0. The molecular formula is C22H17N3O2. The molecule has 0 aromatic heterocycles. The Bertz CT molecular complexity index is 1080. The van der Waals surface area contributed by atoms with Crippen LogP contribution in [0.4, 0.5) is 11.4 Å². The van der Waals surface area contributed by atoms with E-state index >= 15 is 0 Å². The summed E-state index contributed by atoms with van der Waals surface area (Å²) in [6.45, 7) is 1.47. The zero-order valence-electron chi connectivity index (χ0n) is 14.7. The van der Waals surface area contributed by atoms with Gasteiger partial charge < -0.3 is 10.6 Å². The van der Waals surface area contributed by atoms with Crippen LogP contribution in [0.3, 0.4) is 0 Å². The Morgan fingerprint density at radius 2 is 1.59 bits per heavy atom. The summed E-state index contributed by atoms with van der Waals surface area (Å²) in [6.07, 6.45) is 1.38. The van der Waals surface area contributed by atoms with Crippen LogP contribution >= 0.6 is 0 Å². The van der Waals surface area contributed by atoms with Crippen molar-refractivity contribution >= 4 is 33.8 Å². The topological polar surface area (TPSA) is 82.0 Å². The number of hydrogen-bond acceptors (Lipinski definition) is 4. The third-order valence-corrected chi connectivity index (χ3v) is 4.05. The molecule has 3 aromatic carbocycles. The molecule has 0 aliphatic heterocycles. The SMILES string of the molecule is CC(=O)c1ccc(NC(=O)/C(C#N)=C\Nc2ccc3ccccc3c2)cc1. The summed E-state index contributed by atoms with van der Waals surface area (Å²) >= 11 is 0. The number of ketones is 1. The van der Waals surface area contributed by atoms with E-state index in [0.29, 0.717) is 11.3 Å². The van der Waals surface area contributed by atoms with Gasteiger partial charge in [-0.2, -0.15) is 5.26 Å². The number of nitriles is 1. The van der Waals surface area contributed by atoms with Gasteiger partial charge in [0.05, 0.1) is 0 Å². The molecule has 0 aliphatic rings. The molecular weight excluding hydrogens is 338 g/mol. The van der Waals surface area contributed by atoms with Crippen LogP contribution in [-0.4, -0.2) is 11.7 Å². The van der Waals surface area contributed by atoms with Gasteiger partial charge in [-0.25, -0.2) is 0 Å². The van der Waals surface area contributed by atoms with Crippen molar-refractivity contribution in [1.29, 1.82) is 5.26 Å². The van der Waals surface area contributed by atoms with Crippen molar-refractivity contribution in [1.82, 2.24) is 0 Å². The average Bonchev–Trinajstić information content (AvgIpc) is 2.68. The van der Waals surface area contributed by atoms with Crippen LogP contribution in [0.5, 0.6) is 0 Å². The second-order valence-corrected chi connectivity index (χ2v) is 5.96. The van der Waals surface area contributed by atoms with E-state index in [-0.39, 0.29) is 11.4 Å². The first-order valence-corrected chi connectivity index (χ1v) is 8.35. The molecule has 0 saturated heterocycles. The van der Waals surface area contributed by atoms with Crippen molar-refractivity contribution in [3.8, 4) is 6.07 Å². The highest BCUT2D eigenvalue weighted by atomic mass is 16.1. The summed E-state index contributed by atoms with van der Waals surface area (Å²) in [5.74, 6) is -0.577. The lowest BCUT2D eigenvalue weighted by molar-refractivity contribution is -0.112. The minimum Gasteiger partial charge on any atom is -0.360 e. The van der Waals surface area contributed by atoms with Gasteiger partial charge in [0, 0.05) is 23.1 Å². The minimum absolute atomic E-state index is 0.0509. The maximum atomic E-state index is 12.3. The Kier molecular flexibility index (Phi) is 5.29. The zero-order valence-corrected chi connectivity index (χ0v) is 14.7. The third kappa shape index (κ3) is 4.39. The van der Waals surface area contributed by atoms with E-state index in [1.165, 1.54) is 13.1 Å². The summed E-state index contributed by atoms with van der Waals surface area (Å²) in [6, 6.07) is 22.1. The van der Waals surface area contributed by atoms with Gasteiger partial charge in [0.15, 0.2) is 5.78 Å². The van der Waals surface area contributed by atoms with E-state index in [1.807, 2.05) is 48.5 Å². The van der Waals surface area contributed by atoms with E-state index in [0.717, 1.165) is 16.5 Å². The van der Waals surface area contributed by atoms with Gasteiger partial charge in [-0.15, -0.1) is 0 Å². The predicted octanol–water partition coefficient (Wildman–Crippen LogP) is 4.50. The van der Waals surface area contributed by atoms with Crippen molar-refractivity contribution in [3.63, 3.8) is 0 Å². The maximum Gasteiger partial charge on any atom is 0.267 e. The molecule has 1 amide bonds. The van der Waals surface area contributed by atoms with E-state index in [9.17, 15) is 14.9 Å². The van der Waals surface area contributed by atoms with Gasteiger partial charge >= 0.3 is 0 Å². The highest BCUT2D eigenvalue weighted by Crippen LogP contribution is 2.19. The Hall–Kier alpha value is -3.91. The molecule has 0 heterocycles. The molecule has 3 aromatic rings. The summed E-state index contributed by atoms with van der Waals surface area (Å²) in [5.41, 5.74) is 1.79. The Labute approximate surface area is 156 Å². The number of benzene rings is 3. The molecule has 5 heteroatoms. The standard InChI is InChI=1S/C22H17N3O2/c1-15(26)16-6-9-20(10-7-16)25-22(27)19(13-23)14-24-21-11-8-17-4-2-3-5-18(17)12-21/h2-12,14,24H,1H3,(H,25,27)/b19-14-. The molecule has 5 nitrogen and oxygen atoms in total. The molecule has 0 radical (unpaired) electrons. The second-order valence-electron chi connectivity index (χ2n) is 5.96. The number of nitrogens with one attached hydrogen (secondary N) is 2. The number of hydrogen-bond donors (Lipinski definition) is 2. The van der Waals surface area contributed by atoms with Crippen LogP contribution in [0.25, 0.3) is 10.8 Å². The smallest absolute Gasteiger partial charge is 0.267 e. The molecule has 132 valence electrons. The maximum absolute atomic E-state index is 12.3. The lowest BCUT2D eigenvalue weighted by atomic mass is 10.1. The lowest BCUT2D eigenvalue weighted by Gasteiger charge is -2.06. The van der Waals surface area contributed by atoms with Crippen molar-refractivity contribution in [2.45, 2.75) is 6.92 Å². The van der Waals surface area contributed by atoms with Gasteiger partial charge in [-0.1, -0.05) is 30.3 Å². The first-order valence-electron chi connectivity index (χ1n) is 8.35. The lowest BCUT2D eigenvalue weighted by Crippen LogP contribution is -2.14. The van der Waals surface area contributed by atoms with Gasteiger partial charge in [-0.3, -0.25) is 9.59 Å². The third-order valence-electron chi connectivity index (χ3n) is 4.05. The molecule has 0 spiro atoms. The molecule has 0 saturated carbocycles. The predicted molar refractivity (Wildman–Crippen MR) is 106 cm³/mol. The largest absolute Gasteiger partial charge is 0.360 e. The van der Waals surface area contributed by atoms with Crippen molar-refractivity contribution in [2.24, 2.45) is 0 Å². The van der Waals surface area contributed by atoms with Crippen LogP contribution in [-0.2, 0) is 4.79 Å². The monoisotopic (exact) mass is 355 g/mol. The highest BCUT2D eigenvalue weighted by molar-refractivity contribution is 6.07. The molecule has 0 bridgehead atoms. The van der Waals surface area contributed by atoms with Gasteiger partial charge in [-0.05, 0) is 54.1 Å². The Morgan fingerprint density at radius 1 is 0.926 bits per heavy atom. The van der Waals surface area contributed by atoms with E-state index in [4.69, 9.17) is 0 Å². The average molecular weight is 355 g/mol. The number of fused-ring (bicyclic) bond motifs is 1. The quantitative estimate of drug-likeness (QED) is 0.401. The number of nitrogens with zero attached hydrogens (tertiary/aromatic N) is 1. The molecule has 2 N–H and O–H groups in total. The number of carbonyl (C=O) groups is 2. The van der Waals surface area contributed by atoms with E-state index in [1.54, 1.807) is 24.3 Å². The molecule has 0 unspecified atom stereocenters. The number of Topliss-reactive ketones (excluding diaryl/α,β-unsaturated/α-hetero) is 1. The van der Waals surface area contributed by atoms with E-state index < -0.39 is 5.91 Å². The number of carbonyl (C=O) groups excluding carboxylic acids is 2. The Balaban J connectivity index is 1.71. The molecule has 0 fully saturated rings. The van der Waals surface area contributed by atoms with Crippen LogP contribution in [0.15, 0.2) is 78.5 Å². The normalized spacial score (nSPS) is 10.9. The van der Waals surface area contributed by atoms with Crippen LogP contribution in [0.2, 0.25) is 0 Å². The van der Waals surface area contributed by atoms with Crippen LogP contribution in [0, 0.1) is 11.3 Å². The zero-order chi connectivity index (χ0) is 19.2. The van der Waals surface area contributed by atoms with Gasteiger partial charge in [0.25, 0.3) is 5.91 Å². The summed E-state index contributed by atoms with van der Waals surface area (Å²) in [5, 5.41) is 17.1. The highest BCUT2D eigenvalue weighted by Gasteiger charge is 2.10. The Morgan fingerprint density at radius 3 is 2.26 bits per heavy atom. The number of rotatable bonds is 5. The summed E-state index contributed by atoms with van der Waals surface area (Å²) < 4.78 is 0. The molecule has 27 heavy (non-hydrogen) atoms. The fraction of sp³-hybridized carbons (Fsp3) is 0.0455. The van der Waals surface area contributed by atoms with Gasteiger partial charge in [0.1, 0.15) is 11.6 Å². The molecule has 0 aliphatic carbocycles. The summed E-state index contributed by atoms with van der Waals surface area (Å²) in [4.78, 5) is 23.6. The second kappa shape index (κ2) is 7.98. The van der Waals surface area contributed by atoms with Crippen molar-refractivity contribution in [3.05, 3.63) is 84.1 Å². The number of amides is 1. The van der Waals surface area contributed by atoms with Crippen LogP contribution < -0.4 is 10.6 Å². The fourth-order valence-corrected chi connectivity index (χ4v) is 2.57. The van der Waals surface area contributed by atoms with Crippen LogP contribution in [0.1, 0.15) is 17.3 Å². The van der Waals surface area contributed by atoms with E-state index in [2.05, 4.69) is 10.6 Å². The number of anilines is 2. The molecule has 0 atom stereocenters.